The molecule has 1 amide bonds. The number of benzene rings is 1. The number of pyridine rings is 1. The van der Waals surface area contributed by atoms with Gasteiger partial charge in [-0.1, -0.05) is 30.3 Å². The zero-order valence-electron chi connectivity index (χ0n) is 12.9. The highest BCUT2D eigenvalue weighted by atomic mass is 16.3. The summed E-state index contributed by atoms with van der Waals surface area (Å²) in [5.74, 6) is -0.103. The molecule has 120 valence electrons. The number of aliphatic hydroxyl groups is 1. The molecule has 5 nitrogen and oxygen atoms in total. The number of hydrogen-bond acceptors (Lipinski definition) is 4. The van der Waals surface area contributed by atoms with E-state index in [9.17, 15) is 9.90 Å². The molecule has 2 heterocycles. The lowest BCUT2D eigenvalue weighted by molar-refractivity contribution is 0.0939. The van der Waals surface area contributed by atoms with Crippen LogP contribution in [-0.4, -0.2) is 46.1 Å². The smallest absolute Gasteiger partial charge is 0.251 e. The molecular formula is C18H21N3O2. The topological polar surface area (TPSA) is 65.5 Å². The Morgan fingerprint density at radius 1 is 1.22 bits per heavy atom. The highest BCUT2D eigenvalue weighted by molar-refractivity contribution is 5.93. The lowest BCUT2D eigenvalue weighted by atomic mass is 10.1. The summed E-state index contributed by atoms with van der Waals surface area (Å²) in [6.45, 7) is 1.96. The monoisotopic (exact) mass is 311 g/mol. The van der Waals surface area contributed by atoms with Gasteiger partial charge in [0.25, 0.3) is 5.91 Å². The van der Waals surface area contributed by atoms with Gasteiger partial charge in [0.2, 0.25) is 0 Å². The fraction of sp³-hybridized carbons (Fsp3) is 0.333. The molecule has 1 fully saturated rings. The minimum absolute atomic E-state index is 0.103. The second-order valence-electron chi connectivity index (χ2n) is 5.90. The molecule has 2 atom stereocenters. The molecule has 0 aliphatic carbocycles. The number of carbonyl (C=O) groups excluding carboxylic acids is 1. The van der Waals surface area contributed by atoms with Crippen molar-refractivity contribution in [2.45, 2.75) is 25.1 Å². The molecule has 0 bridgehead atoms. The minimum Gasteiger partial charge on any atom is -0.392 e. The molecule has 0 spiro atoms. The zero-order valence-corrected chi connectivity index (χ0v) is 12.9. The van der Waals surface area contributed by atoms with Crippen LogP contribution in [0.1, 0.15) is 22.3 Å². The van der Waals surface area contributed by atoms with E-state index in [0.717, 1.165) is 6.54 Å². The third kappa shape index (κ3) is 4.15. The summed E-state index contributed by atoms with van der Waals surface area (Å²) in [5.41, 5.74) is 1.82. The van der Waals surface area contributed by atoms with Crippen LogP contribution in [-0.2, 0) is 6.54 Å². The molecular weight excluding hydrogens is 290 g/mol. The van der Waals surface area contributed by atoms with Crippen molar-refractivity contribution >= 4 is 5.91 Å². The van der Waals surface area contributed by atoms with Gasteiger partial charge in [-0.3, -0.25) is 14.7 Å². The number of aliphatic hydroxyl groups excluding tert-OH is 1. The fourth-order valence-electron chi connectivity index (χ4n) is 3.00. The van der Waals surface area contributed by atoms with E-state index >= 15 is 0 Å². The Morgan fingerprint density at radius 3 is 2.70 bits per heavy atom. The fourth-order valence-corrected chi connectivity index (χ4v) is 3.00. The van der Waals surface area contributed by atoms with Crippen molar-refractivity contribution in [2.75, 3.05) is 13.1 Å². The van der Waals surface area contributed by atoms with E-state index in [2.05, 4.69) is 27.3 Å². The van der Waals surface area contributed by atoms with Gasteiger partial charge in [-0.15, -0.1) is 0 Å². The van der Waals surface area contributed by atoms with Crippen LogP contribution >= 0.6 is 0 Å². The van der Waals surface area contributed by atoms with Gasteiger partial charge in [0, 0.05) is 43.6 Å². The first-order valence-corrected chi connectivity index (χ1v) is 7.86. The minimum atomic E-state index is -0.332. The second kappa shape index (κ2) is 7.35. The first-order valence-electron chi connectivity index (χ1n) is 7.86. The Bertz CT molecular complexity index is 633. The summed E-state index contributed by atoms with van der Waals surface area (Å²) >= 11 is 0. The number of amides is 1. The van der Waals surface area contributed by atoms with Crippen molar-refractivity contribution in [3.8, 4) is 0 Å². The number of rotatable bonds is 5. The maximum absolute atomic E-state index is 12.1. The number of nitrogens with zero attached hydrogens (tertiary/aromatic N) is 2. The van der Waals surface area contributed by atoms with E-state index in [1.807, 2.05) is 18.2 Å². The van der Waals surface area contributed by atoms with Crippen LogP contribution in [0.5, 0.6) is 0 Å². The van der Waals surface area contributed by atoms with Gasteiger partial charge in [0.15, 0.2) is 0 Å². The van der Waals surface area contributed by atoms with Gasteiger partial charge in [-0.25, -0.2) is 0 Å². The van der Waals surface area contributed by atoms with Crippen molar-refractivity contribution in [3.05, 3.63) is 66.0 Å². The van der Waals surface area contributed by atoms with E-state index in [-0.39, 0.29) is 18.1 Å². The lowest BCUT2D eigenvalue weighted by Crippen LogP contribution is -2.39. The number of carbonyl (C=O) groups is 1. The van der Waals surface area contributed by atoms with Crippen molar-refractivity contribution in [1.82, 2.24) is 15.2 Å². The van der Waals surface area contributed by atoms with Crippen LogP contribution in [0.15, 0.2) is 54.9 Å². The molecule has 0 radical (unpaired) electrons. The summed E-state index contributed by atoms with van der Waals surface area (Å²) in [7, 11) is 0. The summed E-state index contributed by atoms with van der Waals surface area (Å²) in [4.78, 5) is 18.3. The maximum Gasteiger partial charge on any atom is 0.251 e. The molecule has 1 saturated heterocycles. The average Bonchev–Trinajstić information content (AvgIpc) is 2.94. The molecule has 2 aromatic rings. The van der Waals surface area contributed by atoms with Crippen molar-refractivity contribution in [1.29, 1.82) is 0 Å². The van der Waals surface area contributed by atoms with Gasteiger partial charge < -0.3 is 10.4 Å². The number of nitrogens with one attached hydrogen (secondary N) is 1. The molecule has 0 saturated carbocycles. The Kier molecular flexibility index (Phi) is 5.00. The molecule has 1 aliphatic heterocycles. The Morgan fingerprint density at radius 2 is 1.96 bits per heavy atom. The molecule has 1 aromatic carbocycles. The van der Waals surface area contributed by atoms with Gasteiger partial charge in [-0.05, 0) is 24.1 Å². The number of β-amino-alcohol motifs (C(OH)–C–C–N with tert-alkyl or cyclic N) is 1. The molecule has 0 unspecified atom stereocenters. The van der Waals surface area contributed by atoms with Gasteiger partial charge in [0.1, 0.15) is 0 Å². The normalized spacial score (nSPS) is 21.3. The predicted octanol–water partition coefficient (Wildman–Crippen LogP) is 1.45. The first-order chi connectivity index (χ1) is 11.2. The zero-order chi connectivity index (χ0) is 16.1. The Labute approximate surface area is 136 Å². The van der Waals surface area contributed by atoms with Crippen LogP contribution < -0.4 is 5.32 Å². The van der Waals surface area contributed by atoms with E-state index in [0.29, 0.717) is 25.1 Å². The Balaban J connectivity index is 1.58. The van der Waals surface area contributed by atoms with Crippen LogP contribution in [0.4, 0.5) is 0 Å². The standard InChI is InChI=1S/C18H21N3O2/c22-17-10-16(11-20-18(23)15-6-8-19-9-7-15)21(13-17)12-14-4-2-1-3-5-14/h1-9,16-17,22H,10-13H2,(H,20,23)/t16-,17+/m0/s1. The van der Waals surface area contributed by atoms with Crippen LogP contribution in [0.25, 0.3) is 0 Å². The quantitative estimate of drug-likeness (QED) is 0.877. The van der Waals surface area contributed by atoms with Crippen molar-refractivity contribution in [2.24, 2.45) is 0 Å². The van der Waals surface area contributed by atoms with E-state index in [1.54, 1.807) is 24.5 Å². The van der Waals surface area contributed by atoms with E-state index < -0.39 is 0 Å². The molecule has 1 aliphatic rings. The van der Waals surface area contributed by atoms with Crippen molar-refractivity contribution < 1.29 is 9.90 Å². The van der Waals surface area contributed by atoms with Gasteiger partial charge in [-0.2, -0.15) is 0 Å². The molecule has 1 aromatic heterocycles. The molecule has 2 N–H and O–H groups in total. The van der Waals surface area contributed by atoms with Crippen LogP contribution in [0.2, 0.25) is 0 Å². The van der Waals surface area contributed by atoms with Crippen LogP contribution in [0, 0.1) is 0 Å². The van der Waals surface area contributed by atoms with E-state index in [1.165, 1.54) is 5.56 Å². The highest BCUT2D eigenvalue weighted by Gasteiger charge is 2.30. The molecule has 5 heteroatoms. The second-order valence-corrected chi connectivity index (χ2v) is 5.90. The molecule has 3 rings (SSSR count). The highest BCUT2D eigenvalue weighted by Crippen LogP contribution is 2.20. The molecule has 23 heavy (non-hydrogen) atoms. The van der Waals surface area contributed by atoms with Gasteiger partial charge in [0.05, 0.1) is 6.10 Å². The Hall–Kier alpha value is -2.24. The van der Waals surface area contributed by atoms with Crippen LogP contribution in [0.3, 0.4) is 0 Å². The number of hydrogen-bond donors (Lipinski definition) is 2. The summed E-state index contributed by atoms with van der Waals surface area (Å²) in [6.07, 6.45) is 3.57. The average molecular weight is 311 g/mol. The number of likely N-dealkylation sites (tertiary alicyclic amines) is 1. The third-order valence-electron chi connectivity index (χ3n) is 4.18. The summed E-state index contributed by atoms with van der Waals surface area (Å²) < 4.78 is 0. The van der Waals surface area contributed by atoms with Gasteiger partial charge >= 0.3 is 0 Å². The first kappa shape index (κ1) is 15.6. The lowest BCUT2D eigenvalue weighted by Gasteiger charge is -2.24. The van der Waals surface area contributed by atoms with E-state index in [4.69, 9.17) is 0 Å². The van der Waals surface area contributed by atoms with Crippen molar-refractivity contribution in [3.63, 3.8) is 0 Å². The third-order valence-corrected chi connectivity index (χ3v) is 4.18. The SMILES string of the molecule is O=C(NC[C@@H]1C[C@@H](O)CN1Cc1ccccc1)c1ccncc1. The summed E-state index contributed by atoms with van der Waals surface area (Å²) in [6, 6.07) is 13.7. The predicted molar refractivity (Wildman–Crippen MR) is 87.8 cm³/mol. The number of aromatic nitrogens is 1. The summed E-state index contributed by atoms with van der Waals surface area (Å²) in [5, 5.41) is 12.9. The largest absolute Gasteiger partial charge is 0.392 e. The maximum atomic E-state index is 12.1.